The molecule has 0 aromatic heterocycles. The van der Waals surface area contributed by atoms with Crippen molar-refractivity contribution >= 4 is 22.9 Å². The fourth-order valence-electron chi connectivity index (χ4n) is 4.34. The van der Waals surface area contributed by atoms with Crippen LogP contribution in [-0.2, 0) is 4.79 Å². The molecule has 0 saturated carbocycles. The first-order valence-corrected chi connectivity index (χ1v) is 10.7. The second kappa shape index (κ2) is 9.26. The van der Waals surface area contributed by atoms with E-state index in [1.54, 1.807) is 0 Å². The van der Waals surface area contributed by atoms with E-state index in [0.717, 1.165) is 48.8 Å². The Balaban J connectivity index is 1.29. The Morgan fingerprint density at radius 1 is 1.27 bits per heavy atom. The average Bonchev–Trinajstić information content (AvgIpc) is 3.18. The van der Waals surface area contributed by atoms with Crippen LogP contribution < -0.4 is 10.1 Å². The van der Waals surface area contributed by atoms with Gasteiger partial charge in [-0.25, -0.2) is 0 Å². The van der Waals surface area contributed by atoms with Crippen LogP contribution in [-0.4, -0.2) is 49.3 Å². The zero-order chi connectivity index (χ0) is 20.9. The highest BCUT2D eigenvalue weighted by Crippen LogP contribution is 2.27. The molecular formula is C25H29N3O2. The maximum absolute atomic E-state index is 12.5. The Morgan fingerprint density at radius 3 is 2.90 bits per heavy atom. The van der Waals surface area contributed by atoms with Gasteiger partial charge in [0.25, 0.3) is 5.91 Å². The molecule has 156 valence electrons. The Kier molecular flexibility index (Phi) is 6.29. The van der Waals surface area contributed by atoms with Gasteiger partial charge in [0, 0.05) is 42.8 Å². The van der Waals surface area contributed by atoms with Crippen molar-refractivity contribution in [3.05, 3.63) is 65.8 Å². The lowest BCUT2D eigenvalue weighted by atomic mass is 9.98. The summed E-state index contributed by atoms with van der Waals surface area (Å²) < 4.78 is 5.83. The number of carbonyl (C=O) groups excluding carboxylic acids is 1. The zero-order valence-electron chi connectivity index (χ0n) is 17.4. The van der Waals surface area contributed by atoms with Gasteiger partial charge in [0.2, 0.25) is 0 Å². The number of likely N-dealkylation sites (tertiary alicyclic amines) is 1. The number of fused-ring (bicyclic) bond motifs is 1. The SMILES string of the molecule is CC1C=C(CN2CCC(NC(=O)COc3ccc(C=N)c4ccccc34)C2)C=CC1. The molecule has 2 atom stereocenters. The first-order chi connectivity index (χ1) is 14.6. The largest absolute Gasteiger partial charge is 0.483 e. The summed E-state index contributed by atoms with van der Waals surface area (Å²) in [6.07, 6.45) is 10.3. The molecule has 2 aromatic rings. The molecule has 1 fully saturated rings. The smallest absolute Gasteiger partial charge is 0.258 e. The first kappa shape index (κ1) is 20.4. The molecule has 4 rings (SSSR count). The number of nitrogens with zero attached hydrogens (tertiary/aromatic N) is 1. The van der Waals surface area contributed by atoms with Crippen LogP contribution in [0.3, 0.4) is 0 Å². The molecule has 0 spiro atoms. The topological polar surface area (TPSA) is 65.4 Å². The molecule has 2 unspecified atom stereocenters. The summed E-state index contributed by atoms with van der Waals surface area (Å²) >= 11 is 0. The number of carbonyl (C=O) groups is 1. The van der Waals surface area contributed by atoms with Gasteiger partial charge in [-0.05, 0) is 41.9 Å². The van der Waals surface area contributed by atoms with Crippen molar-refractivity contribution in [2.75, 3.05) is 26.2 Å². The van der Waals surface area contributed by atoms with Crippen LogP contribution in [0, 0.1) is 11.3 Å². The van der Waals surface area contributed by atoms with E-state index in [0.29, 0.717) is 11.7 Å². The molecule has 2 aliphatic rings. The van der Waals surface area contributed by atoms with Crippen molar-refractivity contribution in [1.82, 2.24) is 10.2 Å². The van der Waals surface area contributed by atoms with Crippen molar-refractivity contribution in [1.29, 1.82) is 5.41 Å². The van der Waals surface area contributed by atoms with E-state index >= 15 is 0 Å². The number of amides is 1. The van der Waals surface area contributed by atoms with Gasteiger partial charge >= 0.3 is 0 Å². The van der Waals surface area contributed by atoms with E-state index in [1.165, 1.54) is 11.8 Å². The quantitative estimate of drug-likeness (QED) is 0.689. The summed E-state index contributed by atoms with van der Waals surface area (Å²) in [6, 6.07) is 11.7. The van der Waals surface area contributed by atoms with Crippen LogP contribution in [0.1, 0.15) is 25.3 Å². The predicted molar refractivity (Wildman–Crippen MR) is 121 cm³/mol. The number of nitrogens with one attached hydrogen (secondary N) is 2. The summed E-state index contributed by atoms with van der Waals surface area (Å²) in [4.78, 5) is 14.9. The van der Waals surface area contributed by atoms with Gasteiger partial charge in [-0.3, -0.25) is 9.69 Å². The van der Waals surface area contributed by atoms with Crippen LogP contribution in [0.15, 0.2) is 60.2 Å². The molecule has 5 heteroatoms. The van der Waals surface area contributed by atoms with Gasteiger partial charge in [-0.15, -0.1) is 0 Å². The maximum Gasteiger partial charge on any atom is 0.258 e. The molecular weight excluding hydrogens is 374 g/mol. The molecule has 1 aliphatic carbocycles. The van der Waals surface area contributed by atoms with E-state index in [2.05, 4.69) is 35.4 Å². The second-order valence-corrected chi connectivity index (χ2v) is 8.28. The van der Waals surface area contributed by atoms with Crippen LogP contribution in [0.2, 0.25) is 0 Å². The lowest BCUT2D eigenvalue weighted by molar-refractivity contribution is -0.123. The molecule has 0 radical (unpaired) electrons. The minimum atomic E-state index is -0.0903. The van der Waals surface area contributed by atoms with E-state index in [1.807, 2.05) is 36.4 Å². The summed E-state index contributed by atoms with van der Waals surface area (Å²) in [5.74, 6) is 1.20. The van der Waals surface area contributed by atoms with Gasteiger partial charge in [0.1, 0.15) is 5.75 Å². The van der Waals surface area contributed by atoms with E-state index < -0.39 is 0 Å². The molecule has 5 nitrogen and oxygen atoms in total. The van der Waals surface area contributed by atoms with Gasteiger partial charge < -0.3 is 15.5 Å². The van der Waals surface area contributed by atoms with Gasteiger partial charge in [-0.2, -0.15) is 0 Å². The van der Waals surface area contributed by atoms with Crippen LogP contribution in [0.25, 0.3) is 10.8 Å². The van der Waals surface area contributed by atoms with Gasteiger partial charge in [0.15, 0.2) is 6.61 Å². The normalized spacial score (nSPS) is 21.4. The number of ether oxygens (including phenoxy) is 1. The third-order valence-corrected chi connectivity index (χ3v) is 5.81. The van der Waals surface area contributed by atoms with Crippen LogP contribution in [0.5, 0.6) is 5.75 Å². The van der Waals surface area contributed by atoms with Crippen molar-refractivity contribution in [2.24, 2.45) is 5.92 Å². The first-order valence-electron chi connectivity index (χ1n) is 10.7. The van der Waals surface area contributed by atoms with E-state index in [9.17, 15) is 4.79 Å². The maximum atomic E-state index is 12.5. The molecule has 0 bridgehead atoms. The highest BCUT2D eigenvalue weighted by atomic mass is 16.5. The van der Waals surface area contributed by atoms with Crippen LogP contribution >= 0.6 is 0 Å². The third kappa shape index (κ3) is 4.79. The molecule has 2 aromatic carbocycles. The van der Waals surface area contributed by atoms with Crippen LogP contribution in [0.4, 0.5) is 0 Å². The number of benzene rings is 2. The fraction of sp³-hybridized carbons (Fsp3) is 0.360. The minimum absolute atomic E-state index is 0.00413. The Morgan fingerprint density at radius 2 is 2.10 bits per heavy atom. The minimum Gasteiger partial charge on any atom is -0.483 e. The molecule has 1 aliphatic heterocycles. The van der Waals surface area contributed by atoms with Gasteiger partial charge in [0.05, 0.1) is 0 Å². The van der Waals surface area contributed by atoms with Crippen molar-refractivity contribution in [3.8, 4) is 5.75 Å². The number of allylic oxidation sites excluding steroid dienone is 2. The number of hydrogen-bond acceptors (Lipinski definition) is 4. The Labute approximate surface area is 177 Å². The molecule has 1 amide bonds. The number of hydrogen-bond donors (Lipinski definition) is 2. The van der Waals surface area contributed by atoms with Crippen molar-refractivity contribution < 1.29 is 9.53 Å². The standard InChI is InChI=1S/C25H29N3O2/c1-18-5-4-6-19(13-18)15-28-12-11-21(16-28)27-25(29)17-30-24-10-9-20(14-26)22-7-2-3-8-23(22)24/h2-4,6-10,13-14,18,21,26H,5,11-12,15-17H2,1H3,(H,27,29). The summed E-state index contributed by atoms with van der Waals surface area (Å²) in [7, 11) is 0. The molecule has 1 heterocycles. The highest BCUT2D eigenvalue weighted by Gasteiger charge is 2.24. The Hall–Kier alpha value is -2.92. The fourth-order valence-corrected chi connectivity index (χ4v) is 4.34. The van der Waals surface area contributed by atoms with E-state index in [-0.39, 0.29) is 18.6 Å². The van der Waals surface area contributed by atoms with Gasteiger partial charge in [-0.1, -0.05) is 49.4 Å². The molecule has 30 heavy (non-hydrogen) atoms. The summed E-state index contributed by atoms with van der Waals surface area (Å²) in [5, 5.41) is 12.5. The lowest BCUT2D eigenvalue weighted by Gasteiger charge is -2.20. The lowest BCUT2D eigenvalue weighted by Crippen LogP contribution is -2.39. The molecule has 1 saturated heterocycles. The van der Waals surface area contributed by atoms with Crippen molar-refractivity contribution in [2.45, 2.75) is 25.8 Å². The highest BCUT2D eigenvalue weighted by molar-refractivity contribution is 6.01. The average molecular weight is 404 g/mol. The number of rotatable bonds is 7. The summed E-state index contributed by atoms with van der Waals surface area (Å²) in [5.41, 5.74) is 2.22. The second-order valence-electron chi connectivity index (χ2n) is 8.28. The monoisotopic (exact) mass is 403 g/mol. The van der Waals surface area contributed by atoms with Crippen molar-refractivity contribution in [3.63, 3.8) is 0 Å². The molecule has 2 N–H and O–H groups in total. The van der Waals surface area contributed by atoms with E-state index in [4.69, 9.17) is 10.1 Å². The zero-order valence-corrected chi connectivity index (χ0v) is 17.4. The Bertz CT molecular complexity index is 995. The summed E-state index contributed by atoms with van der Waals surface area (Å²) in [6.45, 7) is 5.08. The third-order valence-electron chi connectivity index (χ3n) is 5.81. The predicted octanol–water partition coefficient (Wildman–Crippen LogP) is 3.93.